The van der Waals surface area contributed by atoms with Gasteiger partial charge in [0.1, 0.15) is 11.6 Å². The number of hydrogen-bond acceptors (Lipinski definition) is 3. The zero-order valence-electron chi connectivity index (χ0n) is 13.5. The molecule has 0 atom stereocenters. The minimum absolute atomic E-state index is 0.598. The predicted molar refractivity (Wildman–Crippen MR) is 88.7 cm³/mol. The van der Waals surface area contributed by atoms with E-state index in [4.69, 9.17) is 4.98 Å². The van der Waals surface area contributed by atoms with Gasteiger partial charge in [0.05, 0.1) is 0 Å². The molecule has 0 spiro atoms. The Bertz CT molecular complexity index is 591. The summed E-state index contributed by atoms with van der Waals surface area (Å²) in [4.78, 5) is 9.36. The third-order valence-electron chi connectivity index (χ3n) is 3.25. The van der Waals surface area contributed by atoms with Crippen LogP contribution in [0.4, 0.5) is 5.82 Å². The molecule has 2 aromatic rings. The Morgan fingerprint density at radius 1 is 1.14 bits per heavy atom. The Balaban J connectivity index is 2.26. The lowest BCUT2D eigenvalue weighted by Gasteiger charge is -2.10. The number of aryl methyl sites for hydroxylation is 1. The summed E-state index contributed by atoms with van der Waals surface area (Å²) in [6.45, 7) is 9.51. The van der Waals surface area contributed by atoms with Gasteiger partial charge >= 0.3 is 0 Å². The molecule has 0 radical (unpaired) electrons. The van der Waals surface area contributed by atoms with Gasteiger partial charge in [0.25, 0.3) is 0 Å². The normalized spacial score (nSPS) is 10.9. The number of rotatable bonds is 6. The molecule has 0 fully saturated rings. The maximum atomic E-state index is 4.73. The number of benzene rings is 1. The van der Waals surface area contributed by atoms with Crippen molar-refractivity contribution < 1.29 is 0 Å². The highest BCUT2D eigenvalue weighted by Gasteiger charge is 2.07. The van der Waals surface area contributed by atoms with Gasteiger partial charge in [0.15, 0.2) is 0 Å². The van der Waals surface area contributed by atoms with Crippen LogP contribution in [-0.2, 0) is 12.8 Å². The van der Waals surface area contributed by atoms with Crippen molar-refractivity contribution in [2.45, 2.75) is 40.5 Å². The molecule has 0 aliphatic heterocycles. The van der Waals surface area contributed by atoms with E-state index < -0.39 is 0 Å². The average molecular weight is 283 g/mol. The van der Waals surface area contributed by atoms with Gasteiger partial charge in [-0.2, -0.15) is 0 Å². The van der Waals surface area contributed by atoms with Crippen molar-refractivity contribution in [3.05, 3.63) is 53.0 Å². The summed E-state index contributed by atoms with van der Waals surface area (Å²) in [5.41, 5.74) is 3.66. The van der Waals surface area contributed by atoms with Gasteiger partial charge in [-0.25, -0.2) is 9.97 Å². The first-order valence-electron chi connectivity index (χ1n) is 7.73. The minimum Gasteiger partial charge on any atom is -0.370 e. The molecular weight excluding hydrogens is 258 g/mol. The van der Waals surface area contributed by atoms with Gasteiger partial charge < -0.3 is 5.32 Å². The highest BCUT2D eigenvalue weighted by atomic mass is 15.0. The molecule has 112 valence electrons. The monoisotopic (exact) mass is 283 g/mol. The summed E-state index contributed by atoms with van der Waals surface area (Å²) in [7, 11) is 0. The minimum atomic E-state index is 0.598. The summed E-state index contributed by atoms with van der Waals surface area (Å²) in [5, 5.41) is 3.31. The van der Waals surface area contributed by atoms with Gasteiger partial charge in [-0.05, 0) is 31.7 Å². The third kappa shape index (κ3) is 4.85. The standard InChI is InChI=1S/C18H25N3/c1-5-19-17-12-16(9-13(2)3)20-18(21-17)11-15-8-6-7-14(4)10-15/h6-8,10,12-13H,5,9,11H2,1-4H3,(H,19,20,21). The smallest absolute Gasteiger partial charge is 0.135 e. The number of hydrogen-bond donors (Lipinski definition) is 1. The fourth-order valence-corrected chi connectivity index (χ4v) is 2.43. The van der Waals surface area contributed by atoms with Gasteiger partial charge in [-0.1, -0.05) is 43.7 Å². The topological polar surface area (TPSA) is 37.8 Å². The molecule has 2 rings (SSSR count). The molecule has 0 saturated heterocycles. The van der Waals surface area contributed by atoms with Crippen molar-refractivity contribution >= 4 is 5.82 Å². The number of anilines is 1. The van der Waals surface area contributed by atoms with E-state index in [1.807, 2.05) is 0 Å². The van der Waals surface area contributed by atoms with Crippen molar-refractivity contribution in [3.8, 4) is 0 Å². The highest BCUT2D eigenvalue weighted by Crippen LogP contribution is 2.14. The predicted octanol–water partition coefficient (Wildman–Crippen LogP) is 4.01. The Hall–Kier alpha value is -1.90. The van der Waals surface area contributed by atoms with Crippen LogP contribution in [-0.4, -0.2) is 16.5 Å². The van der Waals surface area contributed by atoms with E-state index in [1.54, 1.807) is 0 Å². The highest BCUT2D eigenvalue weighted by molar-refractivity contribution is 5.37. The van der Waals surface area contributed by atoms with Gasteiger partial charge in [0.2, 0.25) is 0 Å². The zero-order chi connectivity index (χ0) is 15.2. The second kappa shape index (κ2) is 7.21. The quantitative estimate of drug-likeness (QED) is 0.870. The average Bonchev–Trinajstić information content (AvgIpc) is 2.37. The molecule has 21 heavy (non-hydrogen) atoms. The van der Waals surface area contributed by atoms with Crippen molar-refractivity contribution in [1.29, 1.82) is 0 Å². The molecule has 3 heteroatoms. The molecule has 1 aromatic heterocycles. The Kier molecular flexibility index (Phi) is 5.32. The fourth-order valence-electron chi connectivity index (χ4n) is 2.43. The van der Waals surface area contributed by atoms with Crippen LogP contribution >= 0.6 is 0 Å². The molecule has 0 aliphatic carbocycles. The van der Waals surface area contributed by atoms with Crippen LogP contribution < -0.4 is 5.32 Å². The maximum absolute atomic E-state index is 4.73. The van der Waals surface area contributed by atoms with Crippen LogP contribution in [0.15, 0.2) is 30.3 Å². The van der Waals surface area contributed by atoms with Crippen molar-refractivity contribution in [2.24, 2.45) is 5.92 Å². The lowest BCUT2D eigenvalue weighted by atomic mass is 10.1. The van der Waals surface area contributed by atoms with Crippen LogP contribution in [0.2, 0.25) is 0 Å². The Morgan fingerprint density at radius 3 is 2.62 bits per heavy atom. The van der Waals surface area contributed by atoms with E-state index in [1.165, 1.54) is 11.1 Å². The molecule has 0 amide bonds. The molecule has 0 aliphatic rings. The van der Waals surface area contributed by atoms with Gasteiger partial charge in [-0.3, -0.25) is 0 Å². The molecule has 3 nitrogen and oxygen atoms in total. The van der Waals surface area contributed by atoms with Crippen LogP contribution in [0, 0.1) is 12.8 Å². The third-order valence-corrected chi connectivity index (χ3v) is 3.25. The summed E-state index contributed by atoms with van der Waals surface area (Å²) in [6.07, 6.45) is 1.77. The summed E-state index contributed by atoms with van der Waals surface area (Å²) in [6, 6.07) is 10.6. The second-order valence-corrected chi connectivity index (χ2v) is 5.95. The first-order valence-corrected chi connectivity index (χ1v) is 7.73. The van der Waals surface area contributed by atoms with Crippen molar-refractivity contribution in [3.63, 3.8) is 0 Å². The number of nitrogens with zero attached hydrogens (tertiary/aromatic N) is 2. The van der Waals surface area contributed by atoms with E-state index in [0.29, 0.717) is 5.92 Å². The van der Waals surface area contributed by atoms with Crippen LogP contribution in [0.25, 0.3) is 0 Å². The summed E-state index contributed by atoms with van der Waals surface area (Å²) >= 11 is 0. The van der Waals surface area contributed by atoms with Gasteiger partial charge in [-0.15, -0.1) is 0 Å². The van der Waals surface area contributed by atoms with Crippen molar-refractivity contribution in [1.82, 2.24) is 9.97 Å². The van der Waals surface area contributed by atoms with E-state index in [0.717, 1.165) is 36.7 Å². The first kappa shape index (κ1) is 15.5. The largest absolute Gasteiger partial charge is 0.370 e. The summed E-state index contributed by atoms with van der Waals surface area (Å²) in [5.74, 6) is 2.43. The maximum Gasteiger partial charge on any atom is 0.135 e. The number of aromatic nitrogens is 2. The molecular formula is C18H25N3. The van der Waals surface area contributed by atoms with Crippen molar-refractivity contribution in [2.75, 3.05) is 11.9 Å². The van der Waals surface area contributed by atoms with E-state index in [9.17, 15) is 0 Å². The molecule has 0 unspecified atom stereocenters. The zero-order valence-corrected chi connectivity index (χ0v) is 13.5. The Labute approximate surface area is 127 Å². The lowest BCUT2D eigenvalue weighted by molar-refractivity contribution is 0.631. The van der Waals surface area contributed by atoms with Crippen LogP contribution in [0.3, 0.4) is 0 Å². The van der Waals surface area contributed by atoms with Crippen LogP contribution in [0.1, 0.15) is 43.4 Å². The lowest BCUT2D eigenvalue weighted by Crippen LogP contribution is -2.08. The SMILES string of the molecule is CCNc1cc(CC(C)C)nc(Cc2cccc(C)c2)n1. The number of nitrogens with one attached hydrogen (secondary N) is 1. The molecule has 1 aromatic carbocycles. The summed E-state index contributed by atoms with van der Waals surface area (Å²) < 4.78 is 0. The van der Waals surface area contributed by atoms with Gasteiger partial charge in [0, 0.05) is 24.7 Å². The van der Waals surface area contributed by atoms with E-state index >= 15 is 0 Å². The fraction of sp³-hybridized carbons (Fsp3) is 0.444. The molecule has 0 bridgehead atoms. The van der Waals surface area contributed by atoms with Crippen LogP contribution in [0.5, 0.6) is 0 Å². The second-order valence-electron chi connectivity index (χ2n) is 5.95. The van der Waals surface area contributed by atoms with E-state index in [2.05, 4.69) is 68.3 Å². The first-order chi connectivity index (χ1) is 10.1. The van der Waals surface area contributed by atoms with E-state index in [-0.39, 0.29) is 0 Å². The Morgan fingerprint density at radius 2 is 1.95 bits per heavy atom. The molecule has 0 saturated carbocycles. The molecule has 1 N–H and O–H groups in total. The molecule has 1 heterocycles.